The van der Waals surface area contributed by atoms with Gasteiger partial charge in [0.1, 0.15) is 12.4 Å². The summed E-state index contributed by atoms with van der Waals surface area (Å²) in [6, 6.07) is 19.0. The Morgan fingerprint density at radius 1 is 0.941 bits per heavy atom. The molecule has 0 saturated heterocycles. The minimum Gasteiger partial charge on any atom is -0.465 e. The number of esters is 1. The molecule has 4 aromatic rings. The van der Waals surface area contributed by atoms with Gasteiger partial charge in [0, 0.05) is 11.6 Å². The molecule has 2 aromatic carbocycles. The Morgan fingerprint density at radius 2 is 1.65 bits per heavy atom. The van der Waals surface area contributed by atoms with Crippen LogP contribution in [0.5, 0.6) is 0 Å². The highest BCUT2D eigenvalue weighted by molar-refractivity contribution is 6.21. The summed E-state index contributed by atoms with van der Waals surface area (Å²) in [4.78, 5) is 39.2. The maximum atomic E-state index is 13.1. The van der Waals surface area contributed by atoms with Crippen molar-refractivity contribution in [2.75, 3.05) is 13.2 Å². The van der Waals surface area contributed by atoms with Gasteiger partial charge in [0.05, 0.1) is 23.9 Å². The molecule has 0 unspecified atom stereocenters. The maximum Gasteiger partial charge on any atom is 0.357 e. The van der Waals surface area contributed by atoms with E-state index in [9.17, 15) is 14.4 Å². The fourth-order valence-electron chi connectivity index (χ4n) is 3.58. The van der Waals surface area contributed by atoms with E-state index < -0.39 is 17.8 Å². The zero-order valence-corrected chi connectivity index (χ0v) is 17.7. The zero-order chi connectivity index (χ0) is 23.5. The third kappa shape index (κ3) is 3.88. The van der Waals surface area contributed by atoms with Crippen LogP contribution in [0, 0.1) is 0 Å². The number of carbonyl (C=O) groups is 3. The molecule has 2 amide bonds. The van der Waals surface area contributed by atoms with E-state index in [-0.39, 0.29) is 18.8 Å². The second-order valence-electron chi connectivity index (χ2n) is 7.27. The second kappa shape index (κ2) is 8.94. The topological polar surface area (TPSA) is 120 Å². The van der Waals surface area contributed by atoms with Crippen LogP contribution in [0.2, 0.25) is 0 Å². The molecule has 0 saturated carbocycles. The molecule has 0 N–H and O–H groups in total. The number of benzene rings is 2. The molecule has 0 fully saturated rings. The first-order chi connectivity index (χ1) is 16.6. The van der Waals surface area contributed by atoms with Gasteiger partial charge in [-0.1, -0.05) is 42.5 Å². The molecule has 0 aliphatic carbocycles. The summed E-state index contributed by atoms with van der Waals surface area (Å²) in [6.07, 6.45) is 2.92. The molecule has 3 heterocycles. The molecule has 10 nitrogen and oxygen atoms in total. The van der Waals surface area contributed by atoms with Crippen LogP contribution in [0.1, 0.15) is 26.5 Å². The largest absolute Gasteiger partial charge is 0.465 e. The van der Waals surface area contributed by atoms with Gasteiger partial charge in [-0.15, -0.1) is 5.10 Å². The monoisotopic (exact) mass is 455 g/mol. The zero-order valence-electron chi connectivity index (χ0n) is 17.7. The number of carbonyl (C=O) groups excluding carboxylic acids is 3. The van der Waals surface area contributed by atoms with Crippen molar-refractivity contribution in [2.24, 2.45) is 0 Å². The van der Waals surface area contributed by atoms with Crippen molar-refractivity contribution in [3.63, 3.8) is 0 Å². The first-order valence-corrected chi connectivity index (χ1v) is 10.3. The number of ether oxygens (including phenoxy) is 1. The van der Waals surface area contributed by atoms with E-state index in [1.807, 2.05) is 18.2 Å². The minimum absolute atomic E-state index is 0.00108. The number of amides is 2. The number of rotatable bonds is 7. The highest BCUT2D eigenvalue weighted by atomic mass is 16.5. The van der Waals surface area contributed by atoms with Crippen molar-refractivity contribution in [3.8, 4) is 11.4 Å². The summed E-state index contributed by atoms with van der Waals surface area (Å²) in [5, 5.41) is 11.7. The summed E-state index contributed by atoms with van der Waals surface area (Å²) in [5.74, 6) is -0.875. The summed E-state index contributed by atoms with van der Waals surface area (Å²) in [6.45, 7) is -0.296. The van der Waals surface area contributed by atoms with E-state index in [1.54, 1.807) is 48.5 Å². The van der Waals surface area contributed by atoms with Crippen molar-refractivity contribution in [2.45, 2.75) is 0 Å². The third-order valence-electron chi connectivity index (χ3n) is 5.19. The van der Waals surface area contributed by atoms with Crippen LogP contribution in [0.25, 0.3) is 23.2 Å². The Labute approximate surface area is 193 Å². The molecule has 0 bridgehead atoms. The van der Waals surface area contributed by atoms with E-state index in [0.717, 1.165) is 4.90 Å². The van der Waals surface area contributed by atoms with Crippen LogP contribution in [0.4, 0.5) is 0 Å². The highest BCUT2D eigenvalue weighted by Gasteiger charge is 2.35. The average Bonchev–Trinajstić information content (AvgIpc) is 3.61. The van der Waals surface area contributed by atoms with Crippen LogP contribution >= 0.6 is 0 Å². The lowest BCUT2D eigenvalue weighted by molar-refractivity contribution is -0.137. The van der Waals surface area contributed by atoms with E-state index in [1.165, 1.54) is 17.0 Å². The number of nitrogens with zero attached hydrogens (tertiary/aromatic N) is 5. The number of hydrogen-bond acceptors (Lipinski definition) is 8. The predicted octanol–water partition coefficient (Wildman–Crippen LogP) is 2.77. The maximum absolute atomic E-state index is 13.1. The predicted molar refractivity (Wildman–Crippen MR) is 119 cm³/mol. The van der Waals surface area contributed by atoms with E-state index in [4.69, 9.17) is 9.15 Å². The van der Waals surface area contributed by atoms with Gasteiger partial charge in [-0.25, -0.2) is 4.79 Å². The van der Waals surface area contributed by atoms with Crippen molar-refractivity contribution in [3.05, 3.63) is 89.9 Å². The van der Waals surface area contributed by atoms with Gasteiger partial charge in [0.15, 0.2) is 11.5 Å². The summed E-state index contributed by atoms with van der Waals surface area (Å²) >= 11 is 0. The number of imide groups is 1. The van der Waals surface area contributed by atoms with E-state index in [0.29, 0.717) is 28.3 Å². The number of furan rings is 1. The summed E-state index contributed by atoms with van der Waals surface area (Å²) in [7, 11) is 0. The van der Waals surface area contributed by atoms with Crippen LogP contribution < -0.4 is 0 Å². The van der Waals surface area contributed by atoms with E-state index >= 15 is 0 Å². The van der Waals surface area contributed by atoms with Crippen LogP contribution in [-0.2, 0) is 9.53 Å². The summed E-state index contributed by atoms with van der Waals surface area (Å²) in [5.41, 5.74) is 1.36. The minimum atomic E-state index is -0.752. The van der Waals surface area contributed by atoms with Gasteiger partial charge in [0.25, 0.3) is 11.8 Å². The molecular weight excluding hydrogens is 438 g/mol. The van der Waals surface area contributed by atoms with E-state index in [2.05, 4.69) is 15.5 Å². The van der Waals surface area contributed by atoms with Gasteiger partial charge in [-0.3, -0.25) is 14.5 Å². The quantitative estimate of drug-likeness (QED) is 0.237. The molecule has 1 aliphatic rings. The SMILES string of the molecule is O=C(OCCN1C(=O)c2ccccc2C1=O)/C(=C/c1ccco1)n1nnnc1-c1ccccc1. The number of hydrogen-bond donors (Lipinski definition) is 0. The molecule has 5 rings (SSSR count). The van der Waals surface area contributed by atoms with Crippen molar-refractivity contribution in [1.82, 2.24) is 25.1 Å². The van der Waals surface area contributed by atoms with Gasteiger partial charge in [0.2, 0.25) is 0 Å². The standard InChI is InChI=1S/C24H17N5O5/c30-22-18-10-4-5-11-19(18)23(31)28(22)12-14-34-24(32)20(15-17-9-6-13-33-17)29-21(25-26-27-29)16-7-2-1-3-8-16/h1-11,13,15H,12,14H2/b20-15-. The Balaban J connectivity index is 1.36. The Bertz CT molecular complexity index is 1360. The Kier molecular flexibility index (Phi) is 5.53. The van der Waals surface area contributed by atoms with Crippen molar-refractivity contribution in [1.29, 1.82) is 0 Å². The molecular formula is C24H17N5O5. The molecule has 0 spiro atoms. The van der Waals surface area contributed by atoms with Gasteiger partial charge >= 0.3 is 5.97 Å². The Hall–Kier alpha value is -4.86. The molecule has 168 valence electrons. The van der Waals surface area contributed by atoms with Crippen molar-refractivity contribution >= 4 is 29.6 Å². The first kappa shape index (κ1) is 21.0. The normalized spacial score (nSPS) is 13.3. The first-order valence-electron chi connectivity index (χ1n) is 10.3. The summed E-state index contributed by atoms with van der Waals surface area (Å²) < 4.78 is 12.0. The average molecular weight is 455 g/mol. The van der Waals surface area contributed by atoms with Crippen LogP contribution in [0.3, 0.4) is 0 Å². The number of tetrazole rings is 1. The highest BCUT2D eigenvalue weighted by Crippen LogP contribution is 2.23. The van der Waals surface area contributed by atoms with Gasteiger partial charge in [-0.2, -0.15) is 4.68 Å². The Morgan fingerprint density at radius 3 is 2.32 bits per heavy atom. The van der Waals surface area contributed by atoms with Crippen molar-refractivity contribution < 1.29 is 23.5 Å². The molecule has 0 atom stereocenters. The number of fused-ring (bicyclic) bond motifs is 1. The molecule has 0 radical (unpaired) electrons. The van der Waals surface area contributed by atoms with Gasteiger partial charge < -0.3 is 9.15 Å². The number of aromatic nitrogens is 4. The van der Waals surface area contributed by atoms with Crippen LogP contribution in [0.15, 0.2) is 77.4 Å². The third-order valence-corrected chi connectivity index (χ3v) is 5.19. The molecule has 1 aliphatic heterocycles. The lowest BCUT2D eigenvalue weighted by Crippen LogP contribution is -2.33. The fourth-order valence-corrected chi connectivity index (χ4v) is 3.58. The fraction of sp³-hybridized carbons (Fsp3) is 0.0833. The second-order valence-corrected chi connectivity index (χ2v) is 7.27. The smallest absolute Gasteiger partial charge is 0.357 e. The molecule has 2 aromatic heterocycles. The lowest BCUT2D eigenvalue weighted by atomic mass is 10.1. The molecule has 10 heteroatoms. The van der Waals surface area contributed by atoms with Gasteiger partial charge in [-0.05, 0) is 34.7 Å². The lowest BCUT2D eigenvalue weighted by Gasteiger charge is -2.14. The van der Waals surface area contributed by atoms with Crippen LogP contribution in [-0.4, -0.2) is 56.0 Å². The molecule has 34 heavy (non-hydrogen) atoms.